The largest absolute Gasteiger partial charge is 0.497 e. The van der Waals surface area contributed by atoms with Crippen molar-refractivity contribution < 1.29 is 9.53 Å². The fourth-order valence-corrected chi connectivity index (χ4v) is 3.22. The summed E-state index contributed by atoms with van der Waals surface area (Å²) in [6, 6.07) is 13.5. The SMILES string of the molecule is COc1cccc(C2=NN(C(C)=O)[C@H](c3ccc4nccnc4c3)C2)c1. The molecule has 6 nitrogen and oxygen atoms in total. The van der Waals surface area contributed by atoms with Gasteiger partial charge >= 0.3 is 0 Å². The fourth-order valence-electron chi connectivity index (χ4n) is 3.22. The molecule has 0 bridgehead atoms. The number of amides is 1. The Morgan fingerprint density at radius 2 is 1.92 bits per heavy atom. The maximum Gasteiger partial charge on any atom is 0.240 e. The van der Waals surface area contributed by atoms with Crippen LogP contribution in [0.1, 0.15) is 30.5 Å². The highest BCUT2D eigenvalue weighted by Crippen LogP contribution is 2.34. The second-order valence-corrected chi connectivity index (χ2v) is 6.17. The maximum atomic E-state index is 12.2. The summed E-state index contributed by atoms with van der Waals surface area (Å²) in [5, 5.41) is 6.13. The number of hydrogen-bond donors (Lipinski definition) is 0. The summed E-state index contributed by atoms with van der Waals surface area (Å²) >= 11 is 0. The first kappa shape index (κ1) is 16.2. The van der Waals surface area contributed by atoms with Crippen molar-refractivity contribution in [2.24, 2.45) is 5.10 Å². The van der Waals surface area contributed by atoms with Gasteiger partial charge in [0.05, 0.1) is 29.9 Å². The normalized spacial score (nSPS) is 16.6. The quantitative estimate of drug-likeness (QED) is 0.729. The summed E-state index contributed by atoms with van der Waals surface area (Å²) in [4.78, 5) is 20.8. The van der Waals surface area contributed by atoms with Gasteiger partial charge in [-0.05, 0) is 29.8 Å². The van der Waals surface area contributed by atoms with Crippen LogP contribution < -0.4 is 4.74 Å². The van der Waals surface area contributed by atoms with Gasteiger partial charge in [-0.3, -0.25) is 14.8 Å². The second kappa shape index (κ2) is 6.55. The zero-order valence-electron chi connectivity index (χ0n) is 14.6. The average molecular weight is 346 g/mol. The average Bonchev–Trinajstić information content (AvgIpc) is 3.13. The number of hydrazone groups is 1. The van der Waals surface area contributed by atoms with E-state index in [1.807, 2.05) is 42.5 Å². The molecule has 0 spiro atoms. The van der Waals surface area contributed by atoms with Crippen molar-refractivity contribution in [3.8, 4) is 5.75 Å². The molecule has 4 rings (SSSR count). The van der Waals surface area contributed by atoms with E-state index in [2.05, 4.69) is 15.1 Å². The van der Waals surface area contributed by atoms with Crippen LogP contribution in [0.4, 0.5) is 0 Å². The van der Waals surface area contributed by atoms with E-state index < -0.39 is 0 Å². The number of nitrogens with zero attached hydrogens (tertiary/aromatic N) is 4. The van der Waals surface area contributed by atoms with Gasteiger partial charge in [0.25, 0.3) is 0 Å². The third kappa shape index (κ3) is 2.90. The number of benzene rings is 2. The van der Waals surface area contributed by atoms with E-state index in [-0.39, 0.29) is 11.9 Å². The molecule has 0 N–H and O–H groups in total. The molecule has 130 valence electrons. The topological polar surface area (TPSA) is 67.7 Å². The highest BCUT2D eigenvalue weighted by atomic mass is 16.5. The number of methoxy groups -OCH3 is 1. The van der Waals surface area contributed by atoms with Gasteiger partial charge in [0.15, 0.2) is 0 Å². The summed E-state index contributed by atoms with van der Waals surface area (Å²) < 4.78 is 5.30. The second-order valence-electron chi connectivity index (χ2n) is 6.17. The highest BCUT2D eigenvalue weighted by molar-refractivity contribution is 6.03. The van der Waals surface area contributed by atoms with Gasteiger partial charge in [-0.2, -0.15) is 5.10 Å². The Morgan fingerprint density at radius 1 is 1.12 bits per heavy atom. The third-order valence-electron chi connectivity index (χ3n) is 4.51. The standard InChI is InChI=1S/C20H18N4O2/c1-13(25)24-20(15-6-7-17-19(11-15)22-9-8-21-17)12-18(23-24)14-4-3-5-16(10-14)26-2/h3-11,20H,12H2,1-2H3/t20-/m0/s1. The first-order valence-electron chi connectivity index (χ1n) is 8.38. The van der Waals surface area contributed by atoms with Crippen LogP contribution in [0, 0.1) is 0 Å². The first-order chi connectivity index (χ1) is 12.7. The molecule has 6 heteroatoms. The first-order valence-corrected chi connectivity index (χ1v) is 8.38. The molecule has 2 heterocycles. The van der Waals surface area contributed by atoms with Crippen molar-refractivity contribution in [2.75, 3.05) is 7.11 Å². The van der Waals surface area contributed by atoms with Crippen molar-refractivity contribution in [2.45, 2.75) is 19.4 Å². The number of aromatic nitrogens is 2. The Morgan fingerprint density at radius 3 is 2.69 bits per heavy atom. The van der Waals surface area contributed by atoms with Crippen LogP contribution in [0.5, 0.6) is 5.75 Å². The molecular weight excluding hydrogens is 328 g/mol. The molecule has 2 aromatic carbocycles. The van der Waals surface area contributed by atoms with Gasteiger partial charge in [0, 0.05) is 31.3 Å². The lowest BCUT2D eigenvalue weighted by atomic mass is 9.98. The van der Waals surface area contributed by atoms with Gasteiger partial charge in [-0.15, -0.1) is 0 Å². The van der Waals surface area contributed by atoms with Gasteiger partial charge < -0.3 is 4.74 Å². The molecule has 1 aliphatic heterocycles. The third-order valence-corrected chi connectivity index (χ3v) is 4.51. The predicted octanol–water partition coefficient (Wildman–Crippen LogP) is 3.34. The van der Waals surface area contributed by atoms with Crippen LogP contribution in [0.2, 0.25) is 0 Å². The minimum Gasteiger partial charge on any atom is -0.497 e. The summed E-state index contributed by atoms with van der Waals surface area (Å²) in [7, 11) is 1.64. The van der Waals surface area contributed by atoms with Crippen molar-refractivity contribution in [3.05, 3.63) is 66.0 Å². The van der Waals surface area contributed by atoms with E-state index in [9.17, 15) is 4.79 Å². The van der Waals surface area contributed by atoms with Crippen molar-refractivity contribution in [3.63, 3.8) is 0 Å². The molecule has 3 aromatic rings. The number of carbonyl (C=O) groups is 1. The van der Waals surface area contributed by atoms with E-state index >= 15 is 0 Å². The molecule has 0 saturated heterocycles. The molecule has 0 radical (unpaired) electrons. The lowest BCUT2D eigenvalue weighted by Crippen LogP contribution is -2.24. The van der Waals surface area contributed by atoms with Crippen LogP contribution in [-0.2, 0) is 4.79 Å². The molecule has 1 aliphatic rings. The summed E-state index contributed by atoms with van der Waals surface area (Å²) in [5.74, 6) is 0.677. The summed E-state index contributed by atoms with van der Waals surface area (Å²) in [6.45, 7) is 1.53. The lowest BCUT2D eigenvalue weighted by Gasteiger charge is -2.20. The highest BCUT2D eigenvalue weighted by Gasteiger charge is 2.31. The fraction of sp³-hybridized carbons (Fsp3) is 0.200. The van der Waals surface area contributed by atoms with E-state index in [4.69, 9.17) is 4.74 Å². The molecule has 0 aliphatic carbocycles. The van der Waals surface area contributed by atoms with Crippen molar-refractivity contribution in [1.82, 2.24) is 15.0 Å². The number of ether oxygens (including phenoxy) is 1. The number of rotatable bonds is 3. The van der Waals surface area contributed by atoms with Crippen LogP contribution in [0.15, 0.2) is 60.0 Å². The van der Waals surface area contributed by atoms with E-state index in [0.29, 0.717) is 6.42 Å². The Bertz CT molecular complexity index is 1020. The Labute approximate surface area is 151 Å². The monoisotopic (exact) mass is 346 g/mol. The maximum absolute atomic E-state index is 12.2. The van der Waals surface area contributed by atoms with E-state index in [1.54, 1.807) is 24.5 Å². The molecule has 0 fully saturated rings. The molecule has 0 unspecified atom stereocenters. The van der Waals surface area contributed by atoms with Crippen molar-refractivity contribution in [1.29, 1.82) is 0 Å². The minimum absolute atomic E-state index is 0.0906. The zero-order chi connectivity index (χ0) is 18.1. The van der Waals surface area contributed by atoms with Gasteiger partial charge in [0.2, 0.25) is 5.91 Å². The molecule has 26 heavy (non-hydrogen) atoms. The van der Waals surface area contributed by atoms with Crippen LogP contribution in [-0.4, -0.2) is 33.7 Å². The van der Waals surface area contributed by atoms with Crippen LogP contribution >= 0.6 is 0 Å². The van der Waals surface area contributed by atoms with Crippen LogP contribution in [0.3, 0.4) is 0 Å². The summed E-state index contributed by atoms with van der Waals surface area (Å²) in [6.07, 6.45) is 3.98. The Kier molecular flexibility index (Phi) is 4.08. The lowest BCUT2D eigenvalue weighted by molar-refractivity contribution is -0.130. The molecule has 0 saturated carbocycles. The number of hydrogen-bond acceptors (Lipinski definition) is 5. The zero-order valence-corrected chi connectivity index (χ0v) is 14.6. The van der Waals surface area contributed by atoms with Crippen LogP contribution in [0.25, 0.3) is 11.0 Å². The van der Waals surface area contributed by atoms with Crippen molar-refractivity contribution >= 4 is 22.7 Å². The Hall–Kier alpha value is -3.28. The van der Waals surface area contributed by atoms with Gasteiger partial charge in [-0.25, -0.2) is 5.01 Å². The smallest absolute Gasteiger partial charge is 0.240 e. The van der Waals surface area contributed by atoms with Gasteiger partial charge in [0.1, 0.15) is 5.75 Å². The number of fused-ring (bicyclic) bond motifs is 1. The van der Waals surface area contributed by atoms with Gasteiger partial charge in [-0.1, -0.05) is 18.2 Å². The van der Waals surface area contributed by atoms with E-state index in [0.717, 1.165) is 33.6 Å². The minimum atomic E-state index is -0.153. The van der Waals surface area contributed by atoms with E-state index in [1.165, 1.54) is 6.92 Å². The number of carbonyl (C=O) groups excluding carboxylic acids is 1. The summed E-state index contributed by atoms with van der Waals surface area (Å²) in [5.41, 5.74) is 4.46. The molecule has 1 amide bonds. The molecule has 1 atom stereocenters. The Balaban J connectivity index is 1.71. The molecule has 1 aromatic heterocycles. The molecular formula is C20H18N4O2. The predicted molar refractivity (Wildman–Crippen MR) is 98.9 cm³/mol.